The number of amides is 2. The molecule has 0 spiro atoms. The maximum absolute atomic E-state index is 11.9. The van der Waals surface area contributed by atoms with Crippen molar-refractivity contribution >= 4 is 58.3 Å². The molecule has 0 saturated carbocycles. The minimum atomic E-state index is -0.223. The molecule has 2 amide bonds. The van der Waals surface area contributed by atoms with Crippen molar-refractivity contribution in [3.8, 4) is 0 Å². The van der Waals surface area contributed by atoms with Crippen LogP contribution in [0.4, 0.5) is 11.5 Å². The molecule has 6 nitrogen and oxygen atoms in total. The van der Waals surface area contributed by atoms with Gasteiger partial charge in [0, 0.05) is 22.7 Å². The number of anilines is 2. The molecule has 1 aromatic heterocycles. The van der Waals surface area contributed by atoms with Crippen molar-refractivity contribution in [3.63, 3.8) is 0 Å². The number of hydrogen-bond acceptors (Lipinski definition) is 5. The maximum Gasteiger partial charge on any atom is 0.234 e. The highest BCUT2D eigenvalue weighted by molar-refractivity contribution is 7.99. The van der Waals surface area contributed by atoms with Gasteiger partial charge in [-0.1, -0.05) is 35.0 Å². The molecule has 0 bridgehead atoms. The molecule has 9 heteroatoms. The number of thioether (sulfide) groups is 1. The van der Waals surface area contributed by atoms with Crippen molar-refractivity contribution in [3.05, 3.63) is 40.4 Å². The second-order valence-electron chi connectivity index (χ2n) is 4.43. The summed E-state index contributed by atoms with van der Waals surface area (Å²) in [5.41, 5.74) is 0.528. The van der Waals surface area contributed by atoms with Crippen molar-refractivity contribution in [2.75, 3.05) is 16.4 Å². The highest BCUT2D eigenvalue weighted by Crippen LogP contribution is 2.23. The zero-order valence-electron chi connectivity index (χ0n) is 12.0. The molecule has 2 rings (SSSR count). The fourth-order valence-electron chi connectivity index (χ4n) is 1.61. The minimum absolute atomic E-state index is 0.151. The Balaban J connectivity index is 1.87. The molecular weight excluding hydrogens is 359 g/mol. The van der Waals surface area contributed by atoms with Crippen LogP contribution in [0.1, 0.15) is 6.92 Å². The molecule has 0 radical (unpaired) electrons. The Bertz CT molecular complexity index is 705. The summed E-state index contributed by atoms with van der Waals surface area (Å²) < 4.78 is 0. The van der Waals surface area contributed by atoms with E-state index in [9.17, 15) is 9.59 Å². The SMILES string of the molecule is CC(=O)Nc1ccc(SCC(=O)Nc2cc(Cl)cc(Cl)c2)nn1. The number of rotatable bonds is 5. The molecule has 0 aliphatic rings. The van der Waals surface area contributed by atoms with Gasteiger partial charge < -0.3 is 10.6 Å². The lowest BCUT2D eigenvalue weighted by atomic mass is 10.3. The molecule has 0 saturated heterocycles. The smallest absolute Gasteiger partial charge is 0.234 e. The fourth-order valence-corrected chi connectivity index (χ4v) is 2.75. The number of nitrogens with zero attached hydrogens (tertiary/aromatic N) is 2. The fraction of sp³-hybridized carbons (Fsp3) is 0.143. The van der Waals surface area contributed by atoms with Crippen LogP contribution in [-0.4, -0.2) is 27.8 Å². The largest absolute Gasteiger partial charge is 0.325 e. The van der Waals surface area contributed by atoms with Crippen LogP contribution in [0.15, 0.2) is 35.4 Å². The van der Waals surface area contributed by atoms with E-state index in [1.54, 1.807) is 30.3 Å². The average Bonchev–Trinajstić information content (AvgIpc) is 2.45. The second kappa shape index (κ2) is 8.14. The summed E-state index contributed by atoms with van der Waals surface area (Å²) in [6.45, 7) is 1.39. The predicted octanol–water partition coefficient (Wildman–Crippen LogP) is 3.47. The van der Waals surface area contributed by atoms with Gasteiger partial charge in [-0.25, -0.2) is 0 Å². The van der Waals surface area contributed by atoms with Crippen LogP contribution in [0, 0.1) is 0 Å². The van der Waals surface area contributed by atoms with Gasteiger partial charge in [-0.2, -0.15) is 0 Å². The third-order valence-electron chi connectivity index (χ3n) is 2.44. The van der Waals surface area contributed by atoms with E-state index in [2.05, 4.69) is 20.8 Å². The molecule has 0 atom stereocenters. The maximum atomic E-state index is 11.9. The number of aromatic nitrogens is 2. The minimum Gasteiger partial charge on any atom is -0.325 e. The second-order valence-corrected chi connectivity index (χ2v) is 6.30. The highest BCUT2D eigenvalue weighted by Gasteiger charge is 2.07. The van der Waals surface area contributed by atoms with Gasteiger partial charge in [0.1, 0.15) is 5.03 Å². The van der Waals surface area contributed by atoms with Gasteiger partial charge in [0.2, 0.25) is 11.8 Å². The summed E-state index contributed by atoms with van der Waals surface area (Å²) in [7, 11) is 0. The molecule has 0 aliphatic carbocycles. The van der Waals surface area contributed by atoms with E-state index in [-0.39, 0.29) is 17.6 Å². The number of hydrogen-bond donors (Lipinski definition) is 2. The van der Waals surface area contributed by atoms with Crippen LogP contribution in [0.3, 0.4) is 0 Å². The number of carbonyl (C=O) groups excluding carboxylic acids is 2. The third-order valence-corrected chi connectivity index (χ3v) is 3.80. The molecule has 120 valence electrons. The van der Waals surface area contributed by atoms with E-state index < -0.39 is 0 Å². The quantitative estimate of drug-likeness (QED) is 0.787. The molecule has 1 aromatic carbocycles. The van der Waals surface area contributed by atoms with Crippen molar-refractivity contribution in [1.29, 1.82) is 0 Å². The number of benzene rings is 1. The van der Waals surface area contributed by atoms with Crippen LogP contribution in [0.5, 0.6) is 0 Å². The molecule has 0 unspecified atom stereocenters. The predicted molar refractivity (Wildman–Crippen MR) is 92.2 cm³/mol. The van der Waals surface area contributed by atoms with E-state index in [4.69, 9.17) is 23.2 Å². The Hall–Kier alpha value is -1.83. The van der Waals surface area contributed by atoms with E-state index in [0.29, 0.717) is 26.6 Å². The van der Waals surface area contributed by atoms with Gasteiger partial charge in [0.05, 0.1) is 5.75 Å². The molecule has 2 aromatic rings. The van der Waals surface area contributed by atoms with Crippen LogP contribution in [-0.2, 0) is 9.59 Å². The number of nitrogens with one attached hydrogen (secondary N) is 2. The lowest BCUT2D eigenvalue weighted by molar-refractivity contribution is -0.114. The summed E-state index contributed by atoms with van der Waals surface area (Å²) in [4.78, 5) is 22.8. The molecule has 0 fully saturated rings. The highest BCUT2D eigenvalue weighted by atomic mass is 35.5. The standard InChI is InChI=1S/C14H12Cl2N4O2S/c1-8(21)17-12-2-3-14(20-19-12)23-7-13(22)18-11-5-9(15)4-10(16)6-11/h2-6H,7H2,1H3,(H,18,22)(H,17,19,21). The third kappa shape index (κ3) is 6.05. The first-order valence-corrected chi connectivity index (χ1v) is 8.16. The van der Waals surface area contributed by atoms with Crippen LogP contribution < -0.4 is 10.6 Å². The lowest BCUT2D eigenvalue weighted by Crippen LogP contribution is -2.14. The average molecular weight is 371 g/mol. The van der Waals surface area contributed by atoms with E-state index in [1.165, 1.54) is 18.7 Å². The van der Waals surface area contributed by atoms with Crippen LogP contribution in [0.2, 0.25) is 10.0 Å². The summed E-state index contributed by atoms with van der Waals surface area (Å²) in [5, 5.41) is 14.4. The van der Waals surface area contributed by atoms with Crippen molar-refractivity contribution in [1.82, 2.24) is 10.2 Å². The van der Waals surface area contributed by atoms with Gasteiger partial charge in [0.25, 0.3) is 0 Å². The lowest BCUT2D eigenvalue weighted by Gasteiger charge is -2.06. The van der Waals surface area contributed by atoms with E-state index in [0.717, 1.165) is 0 Å². The van der Waals surface area contributed by atoms with Gasteiger partial charge >= 0.3 is 0 Å². The van der Waals surface area contributed by atoms with Gasteiger partial charge in [-0.3, -0.25) is 9.59 Å². The number of carbonyl (C=O) groups is 2. The first-order chi connectivity index (χ1) is 10.9. The topological polar surface area (TPSA) is 84.0 Å². The van der Waals surface area contributed by atoms with Gasteiger partial charge in [0.15, 0.2) is 5.82 Å². The molecule has 2 N–H and O–H groups in total. The molecule has 0 aliphatic heterocycles. The van der Waals surface area contributed by atoms with Gasteiger partial charge in [-0.15, -0.1) is 10.2 Å². The Kier molecular flexibility index (Phi) is 6.20. The number of halogens is 2. The molecule has 23 heavy (non-hydrogen) atoms. The molecular formula is C14H12Cl2N4O2S. The van der Waals surface area contributed by atoms with Crippen molar-refractivity contribution < 1.29 is 9.59 Å². The summed E-state index contributed by atoms with van der Waals surface area (Å²) in [5.74, 6) is 0.0679. The molecule has 1 heterocycles. The van der Waals surface area contributed by atoms with Crippen molar-refractivity contribution in [2.24, 2.45) is 0 Å². The van der Waals surface area contributed by atoms with Gasteiger partial charge in [-0.05, 0) is 30.3 Å². The summed E-state index contributed by atoms with van der Waals surface area (Å²) in [6.07, 6.45) is 0. The Morgan fingerprint density at radius 1 is 1.09 bits per heavy atom. The zero-order valence-corrected chi connectivity index (χ0v) is 14.3. The first-order valence-electron chi connectivity index (χ1n) is 6.42. The Morgan fingerprint density at radius 3 is 2.35 bits per heavy atom. The summed E-state index contributed by atoms with van der Waals surface area (Å²) in [6, 6.07) is 8.09. The normalized spacial score (nSPS) is 10.2. The Morgan fingerprint density at radius 2 is 1.78 bits per heavy atom. The van der Waals surface area contributed by atoms with Crippen molar-refractivity contribution in [2.45, 2.75) is 11.9 Å². The zero-order chi connectivity index (χ0) is 16.8. The van der Waals surface area contributed by atoms with E-state index in [1.807, 2.05) is 0 Å². The monoisotopic (exact) mass is 370 g/mol. The Labute approximate surface area is 147 Å². The van der Waals surface area contributed by atoms with E-state index >= 15 is 0 Å². The summed E-state index contributed by atoms with van der Waals surface area (Å²) >= 11 is 13.0. The van der Waals surface area contributed by atoms with Crippen LogP contribution >= 0.6 is 35.0 Å². The first kappa shape index (κ1) is 17.5. The van der Waals surface area contributed by atoms with Crippen LogP contribution in [0.25, 0.3) is 0 Å².